The second-order valence-electron chi connectivity index (χ2n) is 4.89. The zero-order valence-electron chi connectivity index (χ0n) is 10.8. The number of aromatic amines is 1. The van der Waals surface area contributed by atoms with Crippen LogP contribution in [0, 0.1) is 5.41 Å². The van der Waals surface area contributed by atoms with Gasteiger partial charge < -0.3 is 19.8 Å². The van der Waals surface area contributed by atoms with E-state index in [1.54, 1.807) is 0 Å². The van der Waals surface area contributed by atoms with Crippen molar-refractivity contribution in [1.29, 1.82) is 0 Å². The number of aromatic nitrogens is 2. The molecule has 1 aromatic rings. The van der Waals surface area contributed by atoms with Crippen LogP contribution in [0.1, 0.15) is 19.8 Å². The van der Waals surface area contributed by atoms with E-state index in [1.807, 2.05) is 0 Å². The van der Waals surface area contributed by atoms with Crippen LogP contribution in [0.25, 0.3) is 0 Å². The predicted octanol–water partition coefficient (Wildman–Crippen LogP) is 1.01. The van der Waals surface area contributed by atoms with Gasteiger partial charge in [0.15, 0.2) is 5.82 Å². The van der Waals surface area contributed by atoms with E-state index in [4.69, 9.17) is 9.47 Å². The van der Waals surface area contributed by atoms with Gasteiger partial charge in [0.05, 0.1) is 13.4 Å². The largest absolute Gasteiger partial charge is 0.489 e. The summed E-state index contributed by atoms with van der Waals surface area (Å²) in [6.45, 7) is 4.54. The highest BCUT2D eigenvalue weighted by atomic mass is 16.5. The Kier molecular flexibility index (Phi) is 3.86. The molecule has 2 heterocycles. The molecule has 2 N–H and O–H groups in total. The molecule has 0 aromatic carbocycles. The number of anilines is 1. The first kappa shape index (κ1) is 12.9. The minimum atomic E-state index is -0.271. The monoisotopic (exact) mass is 253 g/mol. The summed E-state index contributed by atoms with van der Waals surface area (Å²) in [6, 6.07) is 0. The third-order valence-corrected chi connectivity index (χ3v) is 3.40. The number of ether oxygens (including phenoxy) is 2. The smallest absolute Gasteiger partial charge is 0.295 e. The fourth-order valence-corrected chi connectivity index (χ4v) is 2.04. The van der Waals surface area contributed by atoms with Crippen LogP contribution in [0.4, 0.5) is 5.82 Å². The van der Waals surface area contributed by atoms with Gasteiger partial charge in [0.2, 0.25) is 5.75 Å². The first-order valence-electron chi connectivity index (χ1n) is 6.08. The number of nitrogens with one attached hydrogen (secondary N) is 2. The lowest BCUT2D eigenvalue weighted by Crippen LogP contribution is -2.33. The Labute approximate surface area is 106 Å². The summed E-state index contributed by atoms with van der Waals surface area (Å²) in [6.07, 6.45) is 3.39. The van der Waals surface area contributed by atoms with E-state index in [1.165, 1.54) is 13.4 Å². The SMILES string of the molecule is COc1c(NCC2(C)CCOCC2)nc[nH]c1=O. The van der Waals surface area contributed by atoms with Crippen LogP contribution in [-0.2, 0) is 4.74 Å². The number of methoxy groups -OCH3 is 1. The van der Waals surface area contributed by atoms with Crippen molar-refractivity contribution in [3.8, 4) is 5.75 Å². The fourth-order valence-electron chi connectivity index (χ4n) is 2.04. The Balaban J connectivity index is 2.06. The Morgan fingerprint density at radius 3 is 2.94 bits per heavy atom. The van der Waals surface area contributed by atoms with Crippen LogP contribution in [-0.4, -0.2) is 36.8 Å². The molecule has 0 bridgehead atoms. The van der Waals surface area contributed by atoms with Crippen molar-refractivity contribution in [2.24, 2.45) is 5.41 Å². The molecule has 0 saturated carbocycles. The van der Waals surface area contributed by atoms with Gasteiger partial charge in [0.25, 0.3) is 5.56 Å². The van der Waals surface area contributed by atoms with Gasteiger partial charge in [-0.2, -0.15) is 0 Å². The summed E-state index contributed by atoms with van der Waals surface area (Å²) < 4.78 is 10.4. The third-order valence-electron chi connectivity index (χ3n) is 3.40. The number of hydrogen-bond acceptors (Lipinski definition) is 5. The van der Waals surface area contributed by atoms with E-state index in [2.05, 4.69) is 22.2 Å². The minimum Gasteiger partial charge on any atom is -0.489 e. The highest BCUT2D eigenvalue weighted by Gasteiger charge is 2.27. The van der Waals surface area contributed by atoms with Gasteiger partial charge >= 0.3 is 0 Å². The van der Waals surface area contributed by atoms with Crippen LogP contribution in [0.2, 0.25) is 0 Å². The lowest BCUT2D eigenvalue weighted by molar-refractivity contribution is 0.0299. The highest BCUT2D eigenvalue weighted by Crippen LogP contribution is 2.30. The minimum absolute atomic E-state index is 0.174. The van der Waals surface area contributed by atoms with Gasteiger partial charge in [-0.05, 0) is 18.3 Å². The van der Waals surface area contributed by atoms with Crippen molar-refractivity contribution in [1.82, 2.24) is 9.97 Å². The Morgan fingerprint density at radius 1 is 1.56 bits per heavy atom. The number of H-pyrrole nitrogens is 1. The number of nitrogens with zero attached hydrogens (tertiary/aromatic N) is 1. The quantitative estimate of drug-likeness (QED) is 0.837. The molecule has 18 heavy (non-hydrogen) atoms. The fraction of sp³-hybridized carbons (Fsp3) is 0.667. The van der Waals surface area contributed by atoms with Crippen LogP contribution in [0.5, 0.6) is 5.75 Å². The maximum absolute atomic E-state index is 11.5. The van der Waals surface area contributed by atoms with Crippen molar-refractivity contribution >= 4 is 5.82 Å². The van der Waals surface area contributed by atoms with Crippen LogP contribution in [0.15, 0.2) is 11.1 Å². The summed E-state index contributed by atoms with van der Waals surface area (Å²) in [4.78, 5) is 18.1. The van der Waals surface area contributed by atoms with Gasteiger partial charge in [-0.3, -0.25) is 4.79 Å². The molecule has 6 heteroatoms. The molecule has 1 aromatic heterocycles. The zero-order valence-corrected chi connectivity index (χ0v) is 10.8. The standard InChI is InChI=1S/C12H19N3O3/c1-12(3-5-18-6-4-12)7-13-10-9(17-2)11(16)15-8-14-10/h8H,3-7H2,1-2H3,(H2,13,14,15,16). The molecular formula is C12H19N3O3. The number of hydrogen-bond donors (Lipinski definition) is 2. The maximum atomic E-state index is 11.5. The molecule has 2 rings (SSSR count). The lowest BCUT2D eigenvalue weighted by Gasteiger charge is -2.33. The van der Waals surface area contributed by atoms with Crippen LogP contribution in [0.3, 0.4) is 0 Å². The van der Waals surface area contributed by atoms with Gasteiger partial charge in [-0.25, -0.2) is 4.98 Å². The first-order valence-corrected chi connectivity index (χ1v) is 6.08. The molecule has 100 valence electrons. The normalized spacial score (nSPS) is 18.3. The van der Waals surface area contributed by atoms with E-state index < -0.39 is 0 Å². The molecule has 0 unspecified atom stereocenters. The maximum Gasteiger partial charge on any atom is 0.295 e. The summed E-state index contributed by atoms with van der Waals surface area (Å²) >= 11 is 0. The molecule has 0 amide bonds. The topological polar surface area (TPSA) is 76.2 Å². The van der Waals surface area contributed by atoms with Crippen molar-refractivity contribution in [2.75, 3.05) is 32.2 Å². The molecular weight excluding hydrogens is 234 g/mol. The Bertz CT molecular complexity index is 452. The van der Waals surface area contributed by atoms with E-state index in [0.29, 0.717) is 5.82 Å². The molecule has 0 spiro atoms. The van der Waals surface area contributed by atoms with E-state index in [0.717, 1.165) is 32.6 Å². The third kappa shape index (κ3) is 2.81. The van der Waals surface area contributed by atoms with Gasteiger partial charge in [0, 0.05) is 19.8 Å². The van der Waals surface area contributed by atoms with Crippen molar-refractivity contribution in [3.63, 3.8) is 0 Å². The van der Waals surface area contributed by atoms with E-state index in [-0.39, 0.29) is 16.7 Å². The Hall–Kier alpha value is -1.56. The van der Waals surface area contributed by atoms with Crippen LogP contribution < -0.4 is 15.6 Å². The van der Waals surface area contributed by atoms with Gasteiger partial charge in [-0.1, -0.05) is 6.92 Å². The molecule has 0 aliphatic carbocycles. The zero-order chi connectivity index (χ0) is 13.0. The highest BCUT2D eigenvalue weighted by molar-refractivity contribution is 5.47. The van der Waals surface area contributed by atoms with Gasteiger partial charge in [-0.15, -0.1) is 0 Å². The predicted molar refractivity (Wildman–Crippen MR) is 68.1 cm³/mol. The average molecular weight is 253 g/mol. The number of rotatable bonds is 4. The molecule has 1 saturated heterocycles. The van der Waals surface area contributed by atoms with E-state index in [9.17, 15) is 4.79 Å². The molecule has 1 aliphatic heterocycles. The summed E-state index contributed by atoms with van der Waals surface area (Å²) in [5.41, 5.74) is -0.0970. The van der Waals surface area contributed by atoms with Crippen molar-refractivity contribution < 1.29 is 9.47 Å². The molecule has 0 radical (unpaired) electrons. The van der Waals surface area contributed by atoms with Gasteiger partial charge in [0.1, 0.15) is 0 Å². The van der Waals surface area contributed by atoms with Crippen molar-refractivity contribution in [2.45, 2.75) is 19.8 Å². The summed E-state index contributed by atoms with van der Waals surface area (Å²) in [5.74, 6) is 0.724. The molecule has 1 fully saturated rings. The second kappa shape index (κ2) is 5.39. The molecule has 1 aliphatic rings. The van der Waals surface area contributed by atoms with E-state index >= 15 is 0 Å². The average Bonchev–Trinajstić information content (AvgIpc) is 2.37. The first-order chi connectivity index (χ1) is 8.64. The summed E-state index contributed by atoms with van der Waals surface area (Å²) in [7, 11) is 1.47. The second-order valence-corrected chi connectivity index (χ2v) is 4.89. The lowest BCUT2D eigenvalue weighted by atomic mass is 9.82. The van der Waals surface area contributed by atoms with Crippen LogP contribution >= 0.6 is 0 Å². The Morgan fingerprint density at radius 2 is 2.28 bits per heavy atom. The molecule has 0 atom stereocenters. The molecule has 6 nitrogen and oxygen atoms in total. The van der Waals surface area contributed by atoms with Crippen molar-refractivity contribution in [3.05, 3.63) is 16.7 Å². The summed E-state index contributed by atoms with van der Waals surface area (Å²) in [5, 5.41) is 3.20.